The maximum absolute atomic E-state index is 12.5. The van der Waals surface area contributed by atoms with Crippen molar-refractivity contribution in [3.05, 3.63) is 68.6 Å². The number of carbonyl (C=O) groups excluding carboxylic acids is 1. The van der Waals surface area contributed by atoms with Gasteiger partial charge < -0.3 is 15.2 Å². The predicted molar refractivity (Wildman–Crippen MR) is 145 cm³/mol. The lowest BCUT2D eigenvalue weighted by Gasteiger charge is -2.61. The van der Waals surface area contributed by atoms with Gasteiger partial charge in [-0.2, -0.15) is 0 Å². The molecule has 7 rings (SSSR count). The van der Waals surface area contributed by atoms with E-state index in [-0.39, 0.29) is 22.7 Å². The van der Waals surface area contributed by atoms with E-state index >= 15 is 0 Å². The maximum atomic E-state index is 12.5. The number of nitrogens with zero attached hydrogens (tertiary/aromatic N) is 4. The number of nitrogens with one attached hydrogen (secondary N) is 2. The number of hydrogen-bond acceptors (Lipinski definition) is 6. The van der Waals surface area contributed by atoms with Crippen LogP contribution in [0.1, 0.15) is 56.1 Å². The molecule has 3 heterocycles. The summed E-state index contributed by atoms with van der Waals surface area (Å²) in [6.45, 7) is 10.4. The number of rotatable bonds is 6. The molecule has 2 aromatic heterocycles. The number of piperazine rings is 1. The Labute approximate surface area is 216 Å². The summed E-state index contributed by atoms with van der Waals surface area (Å²) in [4.78, 5) is 49.1. The minimum absolute atomic E-state index is 0.0630. The Morgan fingerprint density at radius 2 is 1.81 bits per heavy atom. The number of amides is 1. The molecular weight excluding hydrogens is 468 g/mol. The molecule has 4 fully saturated rings. The van der Waals surface area contributed by atoms with Gasteiger partial charge in [0.2, 0.25) is 0 Å². The van der Waals surface area contributed by atoms with Crippen molar-refractivity contribution >= 4 is 22.5 Å². The zero-order valence-corrected chi connectivity index (χ0v) is 21.9. The number of aromatic amines is 1. The molecule has 9 heteroatoms. The summed E-state index contributed by atoms with van der Waals surface area (Å²) in [5.41, 5.74) is 2.61. The Balaban J connectivity index is 0.00000137. The van der Waals surface area contributed by atoms with Gasteiger partial charge in [-0.1, -0.05) is 19.9 Å². The molecule has 1 aliphatic heterocycles. The fraction of sp³-hybridized carbons (Fsp3) is 0.500. The number of benzene rings is 1. The van der Waals surface area contributed by atoms with Crippen molar-refractivity contribution in [3.63, 3.8) is 0 Å². The number of fused-ring (bicyclic) bond motifs is 1. The van der Waals surface area contributed by atoms with E-state index in [1.165, 1.54) is 4.57 Å². The second-order valence-corrected chi connectivity index (χ2v) is 10.2. The van der Waals surface area contributed by atoms with Gasteiger partial charge in [-0.3, -0.25) is 19.1 Å². The first-order valence-corrected chi connectivity index (χ1v) is 13.4. The number of aromatic nitrogens is 3. The molecule has 9 nitrogen and oxygen atoms in total. The lowest BCUT2D eigenvalue weighted by atomic mass is 9.50. The highest BCUT2D eigenvalue weighted by Gasteiger charge is 2.57. The Morgan fingerprint density at radius 1 is 1.08 bits per heavy atom. The van der Waals surface area contributed by atoms with Gasteiger partial charge in [0.25, 0.3) is 11.5 Å². The van der Waals surface area contributed by atoms with Crippen LogP contribution in [0.15, 0.2) is 46.1 Å². The van der Waals surface area contributed by atoms with Crippen molar-refractivity contribution in [2.75, 3.05) is 31.1 Å². The lowest BCUT2D eigenvalue weighted by molar-refractivity contribution is -0.0439. The highest BCUT2D eigenvalue weighted by Crippen LogP contribution is 2.56. The first-order chi connectivity index (χ1) is 17.9. The van der Waals surface area contributed by atoms with E-state index in [1.807, 2.05) is 44.2 Å². The normalized spacial score (nSPS) is 22.5. The molecule has 2 N–H and O–H groups in total. The molecule has 0 atom stereocenters. The van der Waals surface area contributed by atoms with E-state index in [4.69, 9.17) is 0 Å². The second kappa shape index (κ2) is 10.1. The highest BCUT2D eigenvalue weighted by atomic mass is 16.2. The number of hydrogen-bond donors (Lipinski definition) is 2. The molecule has 3 aliphatic carbocycles. The van der Waals surface area contributed by atoms with Crippen molar-refractivity contribution in [3.8, 4) is 0 Å². The van der Waals surface area contributed by atoms with Gasteiger partial charge in [-0.25, -0.2) is 9.78 Å². The van der Waals surface area contributed by atoms with E-state index in [0.29, 0.717) is 23.1 Å². The van der Waals surface area contributed by atoms with E-state index < -0.39 is 0 Å². The third-order valence-electron chi connectivity index (χ3n) is 7.90. The summed E-state index contributed by atoms with van der Waals surface area (Å²) in [7, 11) is 0. The molecule has 37 heavy (non-hydrogen) atoms. The van der Waals surface area contributed by atoms with Crippen molar-refractivity contribution in [2.24, 2.45) is 5.92 Å². The first-order valence-electron chi connectivity index (χ1n) is 13.4. The van der Waals surface area contributed by atoms with Crippen LogP contribution in [-0.2, 0) is 13.1 Å². The molecule has 1 saturated heterocycles. The van der Waals surface area contributed by atoms with Crippen LogP contribution in [0.4, 0.5) is 5.69 Å². The van der Waals surface area contributed by atoms with Crippen LogP contribution in [0.25, 0.3) is 10.9 Å². The van der Waals surface area contributed by atoms with Gasteiger partial charge in [0, 0.05) is 44.8 Å². The van der Waals surface area contributed by atoms with Crippen molar-refractivity contribution in [1.29, 1.82) is 0 Å². The van der Waals surface area contributed by atoms with Crippen LogP contribution in [-0.4, -0.2) is 57.1 Å². The van der Waals surface area contributed by atoms with Gasteiger partial charge in [-0.15, -0.1) is 0 Å². The average molecular weight is 505 g/mol. The molecule has 2 bridgehead atoms. The molecule has 4 aliphatic rings. The van der Waals surface area contributed by atoms with Crippen LogP contribution < -0.4 is 21.5 Å². The number of anilines is 1. The average Bonchev–Trinajstić information content (AvgIpc) is 2.87. The molecule has 3 aromatic rings. The van der Waals surface area contributed by atoms with Gasteiger partial charge in [0.05, 0.1) is 22.8 Å². The molecule has 1 amide bonds. The molecule has 1 aromatic carbocycles. The fourth-order valence-corrected chi connectivity index (χ4v) is 5.75. The van der Waals surface area contributed by atoms with Crippen LogP contribution in [0.5, 0.6) is 0 Å². The molecule has 0 radical (unpaired) electrons. The summed E-state index contributed by atoms with van der Waals surface area (Å²) < 4.78 is 1.21. The maximum Gasteiger partial charge on any atom is 0.328 e. The van der Waals surface area contributed by atoms with E-state index in [1.54, 1.807) is 13.1 Å². The van der Waals surface area contributed by atoms with Crippen LogP contribution in [0.3, 0.4) is 0 Å². The molecular formula is C28H36N6O3. The zero-order chi connectivity index (χ0) is 26.2. The Bertz CT molecular complexity index is 1390. The molecule has 196 valence electrons. The monoisotopic (exact) mass is 504 g/mol. The molecule has 0 unspecified atom stereocenters. The largest absolute Gasteiger partial charge is 0.368 e. The fourth-order valence-electron chi connectivity index (χ4n) is 5.75. The topological polar surface area (TPSA) is 103 Å². The summed E-state index contributed by atoms with van der Waals surface area (Å²) in [6.07, 6.45) is 5.17. The lowest BCUT2D eigenvalue weighted by Crippen LogP contribution is -2.68. The SMILES string of the molecule is CC.CCn1c(=O)[nH]c2cc(CN3CCN(c4ccc(C(=O)NC56CC(C5)C6)nc4)CC3)ccc2c1=O. The van der Waals surface area contributed by atoms with Crippen LogP contribution in [0, 0.1) is 5.92 Å². The van der Waals surface area contributed by atoms with Crippen molar-refractivity contribution in [2.45, 2.75) is 58.7 Å². The predicted octanol–water partition coefficient (Wildman–Crippen LogP) is 2.74. The number of pyridine rings is 1. The third-order valence-corrected chi connectivity index (χ3v) is 7.90. The standard InChI is InChI=1S/C26H30N6O3.C2H6/c1-2-32-24(34)20-5-3-17(11-22(20)28-25(32)35)16-30-7-9-31(10-8-30)19-4-6-21(27-15-19)23(33)29-26-12-18(13-26)14-26;1-2/h3-6,11,15,18H,2,7-10,12-14,16H2,1H3,(H,28,35)(H,29,33);1-2H3. The summed E-state index contributed by atoms with van der Waals surface area (Å²) in [6, 6.07) is 9.50. The summed E-state index contributed by atoms with van der Waals surface area (Å²) in [5.74, 6) is 0.762. The minimum atomic E-state index is -0.368. The highest BCUT2D eigenvalue weighted by molar-refractivity contribution is 5.93. The quantitative estimate of drug-likeness (QED) is 0.535. The summed E-state index contributed by atoms with van der Waals surface area (Å²) >= 11 is 0. The number of carbonyl (C=O) groups is 1. The van der Waals surface area contributed by atoms with Crippen LogP contribution >= 0.6 is 0 Å². The molecule has 3 saturated carbocycles. The van der Waals surface area contributed by atoms with E-state index in [2.05, 4.69) is 25.1 Å². The van der Waals surface area contributed by atoms with Gasteiger partial charge in [0.15, 0.2) is 0 Å². The Hall–Kier alpha value is -3.46. The summed E-state index contributed by atoms with van der Waals surface area (Å²) in [5, 5.41) is 3.70. The van der Waals surface area contributed by atoms with E-state index in [0.717, 1.165) is 69.2 Å². The smallest absolute Gasteiger partial charge is 0.328 e. The van der Waals surface area contributed by atoms with Crippen molar-refractivity contribution < 1.29 is 4.79 Å². The van der Waals surface area contributed by atoms with Gasteiger partial charge in [-0.05, 0) is 61.9 Å². The van der Waals surface area contributed by atoms with Gasteiger partial charge >= 0.3 is 5.69 Å². The number of H-pyrrole nitrogens is 1. The van der Waals surface area contributed by atoms with E-state index in [9.17, 15) is 14.4 Å². The molecule has 0 spiro atoms. The second-order valence-electron chi connectivity index (χ2n) is 10.2. The zero-order valence-electron chi connectivity index (χ0n) is 21.9. The minimum Gasteiger partial charge on any atom is -0.368 e. The van der Waals surface area contributed by atoms with Gasteiger partial charge in [0.1, 0.15) is 5.69 Å². The third kappa shape index (κ3) is 4.80. The Kier molecular flexibility index (Phi) is 6.90. The first kappa shape index (κ1) is 25.2. The Morgan fingerprint density at radius 3 is 2.41 bits per heavy atom. The van der Waals surface area contributed by atoms with Crippen molar-refractivity contribution in [1.82, 2.24) is 24.8 Å². The van der Waals surface area contributed by atoms with Crippen LogP contribution in [0.2, 0.25) is 0 Å².